The van der Waals surface area contributed by atoms with Gasteiger partial charge in [0.05, 0.1) is 6.10 Å². The molecule has 1 N–H and O–H groups in total. The van der Waals surface area contributed by atoms with Gasteiger partial charge in [-0.2, -0.15) is 0 Å². The second kappa shape index (κ2) is 6.88. The van der Waals surface area contributed by atoms with Crippen molar-refractivity contribution < 1.29 is 5.11 Å². The van der Waals surface area contributed by atoms with E-state index in [1.54, 1.807) is 0 Å². The molecule has 0 radical (unpaired) electrons. The van der Waals surface area contributed by atoms with Gasteiger partial charge in [0, 0.05) is 19.6 Å². The highest BCUT2D eigenvalue weighted by Crippen LogP contribution is 2.27. The van der Waals surface area contributed by atoms with Crippen LogP contribution < -0.4 is 0 Å². The van der Waals surface area contributed by atoms with Crippen molar-refractivity contribution in [3.63, 3.8) is 0 Å². The van der Waals surface area contributed by atoms with E-state index in [0.29, 0.717) is 5.92 Å². The number of nitrogens with zero attached hydrogens (tertiary/aromatic N) is 2. The third-order valence-electron chi connectivity index (χ3n) is 4.75. The Balaban J connectivity index is 1.67. The lowest BCUT2D eigenvalue weighted by molar-refractivity contribution is 0.0514. The van der Waals surface area contributed by atoms with E-state index in [1.165, 1.54) is 51.6 Å². The van der Waals surface area contributed by atoms with Gasteiger partial charge < -0.3 is 14.9 Å². The summed E-state index contributed by atoms with van der Waals surface area (Å²) in [5, 5.41) is 10.3. The van der Waals surface area contributed by atoms with Gasteiger partial charge in [0.2, 0.25) is 0 Å². The van der Waals surface area contributed by atoms with Gasteiger partial charge in [-0.3, -0.25) is 0 Å². The van der Waals surface area contributed by atoms with Crippen LogP contribution in [0.25, 0.3) is 0 Å². The molecule has 3 heteroatoms. The molecule has 0 amide bonds. The molecule has 2 aliphatic rings. The van der Waals surface area contributed by atoms with Gasteiger partial charge in [-0.1, -0.05) is 19.3 Å². The van der Waals surface area contributed by atoms with Crippen LogP contribution >= 0.6 is 0 Å². The van der Waals surface area contributed by atoms with Crippen LogP contribution in [-0.4, -0.2) is 61.3 Å². The molecule has 2 rings (SSSR count). The fourth-order valence-electron chi connectivity index (χ4n) is 3.68. The van der Waals surface area contributed by atoms with Crippen molar-refractivity contribution in [2.75, 3.05) is 40.3 Å². The van der Waals surface area contributed by atoms with Crippen LogP contribution in [0.1, 0.15) is 38.5 Å². The van der Waals surface area contributed by atoms with Gasteiger partial charge in [0.25, 0.3) is 0 Å². The van der Waals surface area contributed by atoms with Gasteiger partial charge in [0.15, 0.2) is 0 Å². The number of likely N-dealkylation sites (N-methyl/N-ethyl adjacent to an activating group) is 1. The molecule has 1 heterocycles. The smallest absolute Gasteiger partial charge is 0.0695 e. The van der Waals surface area contributed by atoms with Crippen LogP contribution in [0, 0.1) is 11.8 Å². The molecular weight excluding hydrogens is 224 g/mol. The van der Waals surface area contributed by atoms with Crippen LogP contribution in [0.3, 0.4) is 0 Å². The summed E-state index contributed by atoms with van der Waals surface area (Å²) in [6, 6.07) is 0. The molecule has 1 saturated carbocycles. The lowest BCUT2D eigenvalue weighted by atomic mass is 9.85. The van der Waals surface area contributed by atoms with E-state index in [9.17, 15) is 5.11 Å². The molecule has 0 aromatic rings. The minimum Gasteiger partial charge on any atom is -0.392 e. The Kier molecular flexibility index (Phi) is 5.46. The maximum absolute atomic E-state index is 10.3. The summed E-state index contributed by atoms with van der Waals surface area (Å²) in [5.74, 6) is 1.37. The zero-order chi connectivity index (χ0) is 13.0. The van der Waals surface area contributed by atoms with Gasteiger partial charge in [0.1, 0.15) is 0 Å². The molecule has 0 spiro atoms. The van der Waals surface area contributed by atoms with E-state index in [-0.39, 0.29) is 6.10 Å². The molecule has 1 aliphatic carbocycles. The van der Waals surface area contributed by atoms with Crippen LogP contribution in [-0.2, 0) is 0 Å². The summed E-state index contributed by atoms with van der Waals surface area (Å²) >= 11 is 0. The van der Waals surface area contributed by atoms with Crippen molar-refractivity contribution in [3.8, 4) is 0 Å². The largest absolute Gasteiger partial charge is 0.392 e. The Morgan fingerprint density at radius 1 is 1.22 bits per heavy atom. The summed E-state index contributed by atoms with van der Waals surface area (Å²) in [4.78, 5) is 4.76. The van der Waals surface area contributed by atoms with E-state index < -0.39 is 0 Å². The van der Waals surface area contributed by atoms with Gasteiger partial charge >= 0.3 is 0 Å². The first kappa shape index (κ1) is 14.3. The highest BCUT2D eigenvalue weighted by Gasteiger charge is 2.25. The standard InChI is InChI=1S/C15H30N2O/c1-16-9-8-13(10-16)11-17(2)12-15(18)14-6-4-3-5-7-14/h13-15,18H,3-12H2,1-2H3. The molecule has 0 aromatic carbocycles. The van der Waals surface area contributed by atoms with Crippen LogP contribution in [0.2, 0.25) is 0 Å². The second-order valence-corrected chi connectivity index (χ2v) is 6.60. The number of rotatable bonds is 5. The SMILES string of the molecule is CN1CCC(CN(C)CC(O)C2CCCCC2)C1. The molecule has 0 bridgehead atoms. The average molecular weight is 254 g/mol. The van der Waals surface area contributed by atoms with Crippen molar-refractivity contribution in [3.05, 3.63) is 0 Å². The minimum atomic E-state index is -0.102. The topological polar surface area (TPSA) is 26.7 Å². The highest BCUT2D eigenvalue weighted by molar-refractivity contribution is 4.79. The molecule has 1 aliphatic heterocycles. The molecule has 3 nitrogen and oxygen atoms in total. The molecule has 2 fully saturated rings. The first-order chi connectivity index (χ1) is 8.65. The first-order valence-corrected chi connectivity index (χ1v) is 7.70. The molecular formula is C15H30N2O. The third-order valence-corrected chi connectivity index (χ3v) is 4.75. The summed E-state index contributed by atoms with van der Waals surface area (Å²) in [5.41, 5.74) is 0. The number of hydrogen-bond donors (Lipinski definition) is 1. The average Bonchev–Trinajstić information content (AvgIpc) is 2.75. The van der Waals surface area contributed by atoms with Crippen molar-refractivity contribution in [1.82, 2.24) is 9.80 Å². The first-order valence-electron chi connectivity index (χ1n) is 7.70. The quantitative estimate of drug-likeness (QED) is 0.810. The molecule has 0 aromatic heterocycles. The molecule has 2 unspecified atom stereocenters. The normalized spacial score (nSPS) is 29.0. The Bertz CT molecular complexity index is 241. The zero-order valence-electron chi connectivity index (χ0n) is 12.1. The van der Waals surface area contributed by atoms with E-state index in [4.69, 9.17) is 0 Å². The fraction of sp³-hybridized carbons (Fsp3) is 1.00. The van der Waals surface area contributed by atoms with E-state index in [1.807, 2.05) is 0 Å². The van der Waals surface area contributed by atoms with Crippen LogP contribution in [0.15, 0.2) is 0 Å². The van der Waals surface area contributed by atoms with E-state index in [0.717, 1.165) is 19.0 Å². The molecule has 18 heavy (non-hydrogen) atoms. The van der Waals surface area contributed by atoms with Crippen molar-refractivity contribution in [2.24, 2.45) is 11.8 Å². The van der Waals surface area contributed by atoms with E-state index >= 15 is 0 Å². The zero-order valence-corrected chi connectivity index (χ0v) is 12.1. The maximum Gasteiger partial charge on any atom is 0.0695 e. The lowest BCUT2D eigenvalue weighted by Crippen LogP contribution is -2.37. The van der Waals surface area contributed by atoms with Crippen molar-refractivity contribution in [2.45, 2.75) is 44.6 Å². The van der Waals surface area contributed by atoms with Crippen LogP contribution in [0.5, 0.6) is 0 Å². The van der Waals surface area contributed by atoms with E-state index in [2.05, 4.69) is 23.9 Å². The Morgan fingerprint density at radius 2 is 1.94 bits per heavy atom. The predicted molar refractivity (Wildman–Crippen MR) is 75.7 cm³/mol. The molecule has 1 saturated heterocycles. The Morgan fingerprint density at radius 3 is 2.56 bits per heavy atom. The second-order valence-electron chi connectivity index (χ2n) is 6.60. The van der Waals surface area contributed by atoms with Crippen molar-refractivity contribution >= 4 is 0 Å². The van der Waals surface area contributed by atoms with Gasteiger partial charge in [-0.15, -0.1) is 0 Å². The summed E-state index contributed by atoms with van der Waals surface area (Å²) in [6.45, 7) is 4.48. The lowest BCUT2D eigenvalue weighted by Gasteiger charge is -2.30. The summed E-state index contributed by atoms with van der Waals surface area (Å²) in [6.07, 6.45) is 7.70. The number of aliphatic hydroxyl groups excluding tert-OH is 1. The highest BCUT2D eigenvalue weighted by atomic mass is 16.3. The van der Waals surface area contributed by atoms with Gasteiger partial charge in [-0.25, -0.2) is 0 Å². The van der Waals surface area contributed by atoms with Gasteiger partial charge in [-0.05, 0) is 51.7 Å². The third kappa shape index (κ3) is 4.22. The molecule has 2 atom stereocenters. The monoisotopic (exact) mass is 254 g/mol. The maximum atomic E-state index is 10.3. The number of hydrogen-bond acceptors (Lipinski definition) is 3. The number of likely N-dealkylation sites (tertiary alicyclic amines) is 1. The fourth-order valence-corrected chi connectivity index (χ4v) is 3.68. The number of aliphatic hydroxyl groups is 1. The minimum absolute atomic E-state index is 0.102. The Hall–Kier alpha value is -0.120. The van der Waals surface area contributed by atoms with Crippen LogP contribution in [0.4, 0.5) is 0 Å². The molecule has 106 valence electrons. The summed E-state index contributed by atoms with van der Waals surface area (Å²) in [7, 11) is 4.38. The summed E-state index contributed by atoms with van der Waals surface area (Å²) < 4.78 is 0. The predicted octanol–water partition coefficient (Wildman–Crippen LogP) is 1.81. The van der Waals surface area contributed by atoms with Crippen molar-refractivity contribution in [1.29, 1.82) is 0 Å². The Labute approximate surface area is 112 Å².